The number of ether oxygens (including phenoxy) is 3. The van der Waals surface area contributed by atoms with E-state index in [1.54, 1.807) is 12.0 Å². The van der Waals surface area contributed by atoms with E-state index in [2.05, 4.69) is 6.58 Å². The first-order valence-corrected chi connectivity index (χ1v) is 7.69. The van der Waals surface area contributed by atoms with Gasteiger partial charge in [-0.25, -0.2) is 4.79 Å². The molecule has 1 N–H and O–H groups in total. The monoisotopic (exact) mass is 315 g/mol. The molecule has 0 bridgehead atoms. The second-order valence-corrected chi connectivity index (χ2v) is 6.51. The van der Waals surface area contributed by atoms with Gasteiger partial charge in [0, 0.05) is 20.3 Å². The Kier molecular flexibility index (Phi) is 7.32. The Bertz CT molecular complexity index is 377. The highest BCUT2D eigenvalue weighted by molar-refractivity contribution is 5.69. The fourth-order valence-corrected chi connectivity index (χ4v) is 2.58. The molecule has 2 atom stereocenters. The summed E-state index contributed by atoms with van der Waals surface area (Å²) in [6.07, 6.45) is 1.45. The van der Waals surface area contributed by atoms with Crippen LogP contribution in [0.25, 0.3) is 0 Å². The molecule has 0 aromatic heterocycles. The Morgan fingerprint density at radius 1 is 1.45 bits per heavy atom. The van der Waals surface area contributed by atoms with Crippen molar-refractivity contribution in [3.8, 4) is 0 Å². The maximum atomic E-state index is 12.4. The Balaban J connectivity index is 2.82. The van der Waals surface area contributed by atoms with E-state index in [4.69, 9.17) is 19.3 Å². The SMILES string of the molecule is C=C(CCO)[C@H](OCOC)[C@H]1CCCN1C(=O)OC(C)(C)C. The Morgan fingerprint density at radius 2 is 2.14 bits per heavy atom. The van der Waals surface area contributed by atoms with Crippen LogP contribution in [0.4, 0.5) is 4.79 Å². The van der Waals surface area contributed by atoms with Crippen LogP contribution in [0, 0.1) is 0 Å². The first kappa shape index (κ1) is 18.9. The zero-order valence-electron chi connectivity index (χ0n) is 14.1. The van der Waals surface area contributed by atoms with Crippen molar-refractivity contribution in [2.75, 3.05) is 27.1 Å². The molecular weight excluding hydrogens is 286 g/mol. The molecule has 0 radical (unpaired) electrons. The van der Waals surface area contributed by atoms with Crippen molar-refractivity contribution in [3.63, 3.8) is 0 Å². The fourth-order valence-electron chi connectivity index (χ4n) is 2.58. The minimum absolute atomic E-state index is 0.00479. The molecule has 1 fully saturated rings. The van der Waals surface area contributed by atoms with Crippen LogP contribution >= 0.6 is 0 Å². The van der Waals surface area contributed by atoms with Crippen molar-refractivity contribution in [3.05, 3.63) is 12.2 Å². The van der Waals surface area contributed by atoms with Gasteiger partial charge in [0.15, 0.2) is 0 Å². The van der Waals surface area contributed by atoms with E-state index < -0.39 is 5.60 Å². The number of carbonyl (C=O) groups is 1. The summed E-state index contributed by atoms with van der Waals surface area (Å²) in [7, 11) is 1.55. The van der Waals surface area contributed by atoms with Gasteiger partial charge in [-0.2, -0.15) is 0 Å². The lowest BCUT2D eigenvalue weighted by Gasteiger charge is -2.33. The maximum Gasteiger partial charge on any atom is 0.410 e. The number of amides is 1. The van der Waals surface area contributed by atoms with Gasteiger partial charge >= 0.3 is 6.09 Å². The molecule has 0 aliphatic carbocycles. The molecule has 6 nitrogen and oxygen atoms in total. The number of carbonyl (C=O) groups excluding carboxylic acids is 1. The van der Waals surface area contributed by atoms with Crippen molar-refractivity contribution in [1.82, 2.24) is 4.90 Å². The lowest BCUT2D eigenvalue weighted by molar-refractivity contribution is -0.0826. The van der Waals surface area contributed by atoms with E-state index in [1.807, 2.05) is 20.8 Å². The van der Waals surface area contributed by atoms with Crippen LogP contribution in [0.1, 0.15) is 40.0 Å². The first-order chi connectivity index (χ1) is 10.3. The van der Waals surface area contributed by atoms with Gasteiger partial charge in [-0.05, 0) is 45.6 Å². The number of aliphatic hydroxyl groups is 1. The molecule has 1 aliphatic rings. The number of rotatable bonds is 7. The standard InChI is InChI=1S/C16H29NO5/c1-12(8-10-18)14(21-11-20-5)13-7-6-9-17(13)15(19)22-16(2,3)4/h13-14,18H,1,6-11H2,2-5H3/t13-,14+/m1/s1. The van der Waals surface area contributed by atoms with E-state index in [9.17, 15) is 4.79 Å². The van der Waals surface area contributed by atoms with E-state index in [0.29, 0.717) is 13.0 Å². The molecule has 0 aromatic carbocycles. The molecule has 22 heavy (non-hydrogen) atoms. The zero-order valence-corrected chi connectivity index (χ0v) is 14.1. The Hall–Kier alpha value is -1.11. The van der Waals surface area contributed by atoms with E-state index in [0.717, 1.165) is 18.4 Å². The minimum atomic E-state index is -0.533. The fraction of sp³-hybridized carbons (Fsp3) is 0.812. The van der Waals surface area contributed by atoms with Crippen LogP contribution in [0.15, 0.2) is 12.2 Å². The second kappa shape index (κ2) is 8.50. The van der Waals surface area contributed by atoms with Crippen LogP contribution in [-0.4, -0.2) is 60.9 Å². The molecule has 0 spiro atoms. The Labute approximate surface area is 133 Å². The molecule has 0 unspecified atom stereocenters. The van der Waals surface area contributed by atoms with Gasteiger partial charge in [0.05, 0.1) is 6.04 Å². The van der Waals surface area contributed by atoms with Crippen molar-refractivity contribution in [2.24, 2.45) is 0 Å². The number of hydrogen-bond donors (Lipinski definition) is 1. The summed E-state index contributed by atoms with van der Waals surface area (Å²) >= 11 is 0. The van der Waals surface area contributed by atoms with E-state index >= 15 is 0 Å². The summed E-state index contributed by atoms with van der Waals surface area (Å²) < 4.78 is 16.2. The number of nitrogens with zero attached hydrogens (tertiary/aromatic N) is 1. The molecule has 0 saturated carbocycles. The van der Waals surface area contributed by atoms with Crippen LogP contribution in [-0.2, 0) is 14.2 Å². The molecule has 128 valence electrons. The maximum absolute atomic E-state index is 12.4. The quantitative estimate of drug-likeness (QED) is 0.577. The summed E-state index contributed by atoms with van der Waals surface area (Å²) in [6.45, 7) is 10.3. The van der Waals surface area contributed by atoms with Gasteiger partial charge < -0.3 is 24.2 Å². The largest absolute Gasteiger partial charge is 0.444 e. The van der Waals surface area contributed by atoms with Gasteiger partial charge in [-0.15, -0.1) is 0 Å². The number of aliphatic hydroxyl groups excluding tert-OH is 1. The van der Waals surface area contributed by atoms with Crippen LogP contribution < -0.4 is 0 Å². The molecule has 1 rings (SSSR count). The van der Waals surface area contributed by atoms with Crippen molar-refractivity contribution < 1.29 is 24.1 Å². The van der Waals surface area contributed by atoms with E-state index in [-0.39, 0.29) is 31.6 Å². The van der Waals surface area contributed by atoms with Crippen molar-refractivity contribution in [1.29, 1.82) is 0 Å². The van der Waals surface area contributed by atoms with Gasteiger partial charge in [-0.1, -0.05) is 6.58 Å². The highest BCUT2D eigenvalue weighted by Crippen LogP contribution is 2.28. The highest BCUT2D eigenvalue weighted by atomic mass is 16.7. The molecule has 1 saturated heterocycles. The molecule has 1 heterocycles. The zero-order chi connectivity index (χ0) is 16.8. The number of methoxy groups -OCH3 is 1. The lowest BCUT2D eigenvalue weighted by atomic mass is 9.99. The predicted octanol–water partition coefficient (Wildman–Crippen LogP) is 2.31. The topological polar surface area (TPSA) is 68.2 Å². The molecule has 1 amide bonds. The minimum Gasteiger partial charge on any atom is -0.444 e. The van der Waals surface area contributed by atoms with Gasteiger partial charge in [0.1, 0.15) is 18.5 Å². The Morgan fingerprint density at radius 3 is 2.68 bits per heavy atom. The number of hydrogen-bond acceptors (Lipinski definition) is 5. The molecule has 0 aromatic rings. The third-order valence-electron chi connectivity index (χ3n) is 3.48. The van der Waals surface area contributed by atoms with Gasteiger partial charge in [0.25, 0.3) is 0 Å². The molecule has 1 aliphatic heterocycles. The first-order valence-electron chi connectivity index (χ1n) is 7.69. The summed E-state index contributed by atoms with van der Waals surface area (Å²) in [5.41, 5.74) is 0.231. The van der Waals surface area contributed by atoms with Crippen LogP contribution in [0.2, 0.25) is 0 Å². The lowest BCUT2D eigenvalue weighted by Crippen LogP contribution is -2.46. The number of likely N-dealkylation sites (tertiary alicyclic amines) is 1. The predicted molar refractivity (Wildman–Crippen MR) is 83.6 cm³/mol. The van der Waals surface area contributed by atoms with Gasteiger partial charge in [-0.3, -0.25) is 0 Å². The van der Waals surface area contributed by atoms with Crippen LogP contribution in [0.3, 0.4) is 0 Å². The van der Waals surface area contributed by atoms with Crippen molar-refractivity contribution in [2.45, 2.75) is 57.8 Å². The van der Waals surface area contributed by atoms with Crippen LogP contribution in [0.5, 0.6) is 0 Å². The second-order valence-electron chi connectivity index (χ2n) is 6.51. The van der Waals surface area contributed by atoms with Crippen molar-refractivity contribution >= 4 is 6.09 Å². The summed E-state index contributed by atoms with van der Waals surface area (Å²) in [5.74, 6) is 0. The summed E-state index contributed by atoms with van der Waals surface area (Å²) in [5, 5.41) is 9.13. The molecule has 6 heteroatoms. The molecular formula is C16H29NO5. The van der Waals surface area contributed by atoms with E-state index in [1.165, 1.54) is 0 Å². The summed E-state index contributed by atoms with van der Waals surface area (Å²) in [6, 6.07) is -0.135. The summed E-state index contributed by atoms with van der Waals surface area (Å²) in [4.78, 5) is 14.1. The normalized spacial score (nSPS) is 20.0. The smallest absolute Gasteiger partial charge is 0.410 e. The average molecular weight is 315 g/mol. The van der Waals surface area contributed by atoms with Gasteiger partial charge in [0.2, 0.25) is 0 Å². The third kappa shape index (κ3) is 5.59. The third-order valence-corrected chi connectivity index (χ3v) is 3.48. The highest BCUT2D eigenvalue weighted by Gasteiger charge is 2.38. The average Bonchev–Trinajstić information content (AvgIpc) is 2.87.